The number of ether oxygens (including phenoxy) is 2. The number of hydrogen-bond donors (Lipinski definition) is 2. The molecule has 230 valence electrons. The number of nitrogens with one attached hydrogen (secondary N) is 2. The van der Waals surface area contributed by atoms with E-state index in [1.54, 1.807) is 6.07 Å². The van der Waals surface area contributed by atoms with Crippen LogP contribution in [0.1, 0.15) is 49.2 Å². The third-order valence-corrected chi connectivity index (χ3v) is 7.67. The van der Waals surface area contributed by atoms with Gasteiger partial charge in [0.25, 0.3) is 5.91 Å². The zero-order valence-electron chi connectivity index (χ0n) is 26.4. The average Bonchev–Trinajstić information content (AvgIpc) is 3.00. The Morgan fingerprint density at radius 1 is 0.841 bits per heavy atom. The van der Waals surface area contributed by atoms with Crippen LogP contribution in [0.15, 0.2) is 72.9 Å². The van der Waals surface area contributed by atoms with E-state index < -0.39 is 0 Å². The highest BCUT2D eigenvalue weighted by molar-refractivity contribution is 6.06. The molecule has 0 atom stereocenters. The van der Waals surface area contributed by atoms with Crippen LogP contribution in [0.3, 0.4) is 0 Å². The summed E-state index contributed by atoms with van der Waals surface area (Å²) in [7, 11) is 0. The minimum atomic E-state index is -0.367. The summed E-state index contributed by atoms with van der Waals surface area (Å²) in [4.78, 5) is 27.6. The van der Waals surface area contributed by atoms with Crippen molar-refractivity contribution in [2.75, 3.05) is 41.7 Å². The lowest BCUT2D eigenvalue weighted by molar-refractivity contribution is 0.102. The van der Waals surface area contributed by atoms with E-state index in [1.807, 2.05) is 76.2 Å². The summed E-state index contributed by atoms with van der Waals surface area (Å²) in [6, 6.07) is 22.0. The molecule has 1 amide bonds. The SMILES string of the molecule is Cc1cccc(C)c1NC(=O)c1cnc(Nc2ccc(N3CCN(C(C)C)CC3)cc2)nc1Oc1ccccc1OC(C)C. The molecule has 0 radical (unpaired) electrons. The van der Waals surface area contributed by atoms with Crippen molar-refractivity contribution in [3.63, 3.8) is 0 Å². The molecule has 3 aromatic carbocycles. The van der Waals surface area contributed by atoms with Gasteiger partial charge >= 0.3 is 0 Å². The van der Waals surface area contributed by atoms with Crippen molar-refractivity contribution in [3.8, 4) is 17.4 Å². The summed E-state index contributed by atoms with van der Waals surface area (Å²) in [5.41, 5.74) is 4.89. The summed E-state index contributed by atoms with van der Waals surface area (Å²) in [5, 5.41) is 6.30. The summed E-state index contributed by atoms with van der Waals surface area (Å²) in [6.45, 7) is 16.4. The van der Waals surface area contributed by atoms with E-state index in [0.29, 0.717) is 23.5 Å². The van der Waals surface area contributed by atoms with Crippen LogP contribution in [0.2, 0.25) is 0 Å². The first kappa shape index (κ1) is 30.8. The molecule has 1 aromatic heterocycles. The molecule has 0 saturated carbocycles. The van der Waals surface area contributed by atoms with Crippen molar-refractivity contribution >= 4 is 28.9 Å². The molecule has 9 nitrogen and oxygen atoms in total. The first-order chi connectivity index (χ1) is 21.2. The van der Waals surface area contributed by atoms with Gasteiger partial charge in [-0.05, 0) is 89.1 Å². The van der Waals surface area contributed by atoms with E-state index >= 15 is 0 Å². The third kappa shape index (κ3) is 7.47. The third-order valence-electron chi connectivity index (χ3n) is 7.67. The highest BCUT2D eigenvalue weighted by Crippen LogP contribution is 2.34. The smallest absolute Gasteiger partial charge is 0.262 e. The van der Waals surface area contributed by atoms with Gasteiger partial charge in [-0.25, -0.2) is 4.98 Å². The van der Waals surface area contributed by atoms with Gasteiger partial charge in [-0.15, -0.1) is 0 Å². The van der Waals surface area contributed by atoms with Crippen LogP contribution in [-0.2, 0) is 0 Å². The fourth-order valence-corrected chi connectivity index (χ4v) is 5.22. The number of nitrogens with zero attached hydrogens (tertiary/aromatic N) is 4. The summed E-state index contributed by atoms with van der Waals surface area (Å²) in [5.74, 6) is 1.07. The molecule has 0 spiro atoms. The van der Waals surface area contributed by atoms with Crippen molar-refractivity contribution in [3.05, 3.63) is 89.6 Å². The van der Waals surface area contributed by atoms with Crippen LogP contribution in [0, 0.1) is 13.8 Å². The topological polar surface area (TPSA) is 91.9 Å². The molecule has 2 N–H and O–H groups in total. The Labute approximate surface area is 260 Å². The van der Waals surface area contributed by atoms with E-state index in [1.165, 1.54) is 11.9 Å². The number of amides is 1. The van der Waals surface area contributed by atoms with Gasteiger partial charge < -0.3 is 25.0 Å². The second-order valence-electron chi connectivity index (χ2n) is 11.6. The number of aromatic nitrogens is 2. The Balaban J connectivity index is 1.39. The summed E-state index contributed by atoms with van der Waals surface area (Å²) >= 11 is 0. The van der Waals surface area contributed by atoms with Gasteiger partial charge in [0.2, 0.25) is 11.8 Å². The molecule has 1 saturated heterocycles. The molecule has 4 aromatic rings. The van der Waals surface area contributed by atoms with Crippen LogP contribution in [0.4, 0.5) is 23.0 Å². The van der Waals surface area contributed by atoms with Gasteiger partial charge in [-0.2, -0.15) is 4.98 Å². The number of anilines is 4. The predicted molar refractivity (Wildman–Crippen MR) is 177 cm³/mol. The molecule has 44 heavy (non-hydrogen) atoms. The monoisotopic (exact) mass is 594 g/mol. The van der Waals surface area contributed by atoms with E-state index in [9.17, 15) is 4.79 Å². The number of rotatable bonds is 10. The van der Waals surface area contributed by atoms with Crippen LogP contribution in [0.25, 0.3) is 0 Å². The van der Waals surface area contributed by atoms with Crippen molar-refractivity contribution in [2.45, 2.75) is 53.7 Å². The van der Waals surface area contributed by atoms with Crippen LogP contribution >= 0.6 is 0 Å². The number of piperazine rings is 1. The average molecular weight is 595 g/mol. The highest BCUT2D eigenvalue weighted by atomic mass is 16.5. The maximum absolute atomic E-state index is 13.6. The van der Waals surface area contributed by atoms with Crippen molar-refractivity contribution in [1.82, 2.24) is 14.9 Å². The first-order valence-corrected chi connectivity index (χ1v) is 15.2. The molecule has 9 heteroatoms. The molecule has 1 aliphatic heterocycles. The molecule has 5 rings (SSSR count). The van der Waals surface area contributed by atoms with Crippen LogP contribution < -0.4 is 25.0 Å². The quantitative estimate of drug-likeness (QED) is 0.199. The largest absolute Gasteiger partial charge is 0.487 e. The second kappa shape index (κ2) is 13.8. The number of carbonyl (C=O) groups is 1. The van der Waals surface area contributed by atoms with Gasteiger partial charge in [-0.3, -0.25) is 9.69 Å². The molecule has 1 fully saturated rings. The molecule has 0 aliphatic carbocycles. The van der Waals surface area contributed by atoms with Crippen LogP contribution in [0.5, 0.6) is 17.4 Å². The standard InChI is InChI=1S/C35H42N6O3/c1-23(2)40-18-20-41(21-19-40)28-16-14-27(15-17-28)37-35-36-22-29(33(42)38-32-25(5)10-9-11-26(32)6)34(39-35)44-31-13-8-7-12-30(31)43-24(3)4/h7-17,22-24H,18-21H2,1-6H3,(H,38,42)(H,36,37,39). The number of para-hydroxylation sites is 3. The van der Waals surface area contributed by atoms with E-state index in [0.717, 1.165) is 48.7 Å². The molecular weight excluding hydrogens is 552 g/mol. The Bertz CT molecular complexity index is 1560. The summed E-state index contributed by atoms with van der Waals surface area (Å²) in [6.07, 6.45) is 1.43. The van der Waals surface area contributed by atoms with Gasteiger partial charge in [0.15, 0.2) is 11.5 Å². The first-order valence-electron chi connectivity index (χ1n) is 15.2. The molecule has 2 heterocycles. The van der Waals surface area contributed by atoms with Gasteiger partial charge in [0.05, 0.1) is 6.10 Å². The number of benzene rings is 3. The van der Waals surface area contributed by atoms with Gasteiger partial charge in [-0.1, -0.05) is 30.3 Å². The molecule has 1 aliphatic rings. The molecule has 0 unspecified atom stereocenters. The highest BCUT2D eigenvalue weighted by Gasteiger charge is 2.21. The van der Waals surface area contributed by atoms with E-state index in [2.05, 4.69) is 56.4 Å². The minimum Gasteiger partial charge on any atom is -0.487 e. The minimum absolute atomic E-state index is 0.0590. The molecular formula is C35H42N6O3. The Hall–Kier alpha value is -4.63. The maximum Gasteiger partial charge on any atom is 0.262 e. The zero-order valence-corrected chi connectivity index (χ0v) is 26.4. The lowest BCUT2D eigenvalue weighted by Crippen LogP contribution is -2.48. The van der Waals surface area contributed by atoms with Crippen molar-refractivity contribution in [1.29, 1.82) is 0 Å². The number of aryl methyl sites for hydroxylation is 2. The number of carbonyl (C=O) groups excluding carboxylic acids is 1. The Morgan fingerprint density at radius 3 is 2.14 bits per heavy atom. The molecule has 0 bridgehead atoms. The van der Waals surface area contributed by atoms with Crippen LogP contribution in [-0.4, -0.2) is 59.1 Å². The Kier molecular flexibility index (Phi) is 9.65. The normalized spacial score (nSPS) is 13.7. The predicted octanol–water partition coefficient (Wildman–Crippen LogP) is 7.20. The van der Waals surface area contributed by atoms with Gasteiger partial charge in [0.1, 0.15) is 5.56 Å². The zero-order chi connectivity index (χ0) is 31.2. The maximum atomic E-state index is 13.6. The fraction of sp³-hybridized carbons (Fsp3) is 0.343. The second-order valence-corrected chi connectivity index (χ2v) is 11.6. The lowest BCUT2D eigenvalue weighted by Gasteiger charge is -2.38. The Morgan fingerprint density at radius 2 is 1.50 bits per heavy atom. The lowest BCUT2D eigenvalue weighted by atomic mass is 10.1. The van der Waals surface area contributed by atoms with Crippen molar-refractivity contribution in [2.24, 2.45) is 0 Å². The summed E-state index contributed by atoms with van der Waals surface area (Å²) < 4.78 is 12.2. The van der Waals surface area contributed by atoms with Gasteiger partial charge in [0, 0.05) is 55.5 Å². The van der Waals surface area contributed by atoms with E-state index in [-0.39, 0.29) is 23.5 Å². The number of hydrogen-bond acceptors (Lipinski definition) is 8. The van der Waals surface area contributed by atoms with Crippen molar-refractivity contribution < 1.29 is 14.3 Å². The van der Waals surface area contributed by atoms with E-state index in [4.69, 9.17) is 9.47 Å². The fourth-order valence-electron chi connectivity index (χ4n) is 5.22.